The number of carboxylic acid groups (broad SMARTS) is 1. The van der Waals surface area contributed by atoms with E-state index in [0.29, 0.717) is 6.54 Å². The molecule has 2 atom stereocenters. The first kappa shape index (κ1) is 14.1. The van der Waals surface area contributed by atoms with Crippen LogP contribution in [0.3, 0.4) is 0 Å². The van der Waals surface area contributed by atoms with Gasteiger partial charge in [0, 0.05) is 38.1 Å². The van der Waals surface area contributed by atoms with E-state index in [2.05, 4.69) is 15.5 Å². The van der Waals surface area contributed by atoms with Gasteiger partial charge in [-0.3, -0.25) is 9.69 Å². The van der Waals surface area contributed by atoms with Crippen molar-refractivity contribution in [3.8, 4) is 0 Å². The highest BCUT2D eigenvalue weighted by molar-refractivity contribution is 5.74. The van der Waals surface area contributed by atoms with Gasteiger partial charge in [0.1, 0.15) is 0 Å². The molecular formula is C13H23N3O3. The van der Waals surface area contributed by atoms with E-state index in [-0.39, 0.29) is 24.4 Å². The summed E-state index contributed by atoms with van der Waals surface area (Å²) in [6.07, 6.45) is 3.69. The minimum absolute atomic E-state index is 0.0465. The van der Waals surface area contributed by atoms with Crippen LogP contribution in [-0.2, 0) is 4.79 Å². The second-order valence-corrected chi connectivity index (χ2v) is 5.77. The first-order chi connectivity index (χ1) is 9.04. The molecule has 108 valence electrons. The van der Waals surface area contributed by atoms with Gasteiger partial charge in [0.05, 0.1) is 0 Å². The predicted octanol–water partition coefficient (Wildman–Crippen LogP) is 0.633. The number of carbonyl (C=O) groups is 2. The molecule has 19 heavy (non-hydrogen) atoms. The lowest BCUT2D eigenvalue weighted by Gasteiger charge is -2.17. The first-order valence-corrected chi connectivity index (χ1v) is 7.05. The van der Waals surface area contributed by atoms with Crippen LogP contribution in [0.4, 0.5) is 4.79 Å². The molecule has 2 rings (SSSR count). The zero-order valence-electron chi connectivity index (χ0n) is 11.4. The maximum absolute atomic E-state index is 11.7. The Morgan fingerprint density at radius 1 is 1.37 bits per heavy atom. The third-order valence-corrected chi connectivity index (χ3v) is 3.75. The molecule has 6 nitrogen and oxygen atoms in total. The fourth-order valence-corrected chi connectivity index (χ4v) is 2.55. The van der Waals surface area contributed by atoms with Crippen LogP contribution in [0.1, 0.15) is 32.6 Å². The number of hydrogen-bond acceptors (Lipinski definition) is 3. The number of carbonyl (C=O) groups excluding carboxylic acids is 1. The molecule has 0 aromatic heterocycles. The van der Waals surface area contributed by atoms with Crippen molar-refractivity contribution in [1.82, 2.24) is 15.5 Å². The first-order valence-electron chi connectivity index (χ1n) is 7.05. The number of amides is 2. The molecule has 1 heterocycles. The number of likely N-dealkylation sites (tertiary alicyclic amines) is 1. The van der Waals surface area contributed by atoms with Crippen molar-refractivity contribution in [2.24, 2.45) is 5.92 Å². The van der Waals surface area contributed by atoms with E-state index < -0.39 is 5.97 Å². The molecule has 0 bridgehead atoms. The van der Waals surface area contributed by atoms with Crippen molar-refractivity contribution in [1.29, 1.82) is 0 Å². The summed E-state index contributed by atoms with van der Waals surface area (Å²) >= 11 is 0. The minimum atomic E-state index is -0.828. The number of nitrogens with zero attached hydrogens (tertiary/aromatic N) is 1. The van der Waals surface area contributed by atoms with E-state index in [0.717, 1.165) is 25.6 Å². The topological polar surface area (TPSA) is 81.7 Å². The van der Waals surface area contributed by atoms with Crippen molar-refractivity contribution in [3.63, 3.8) is 0 Å². The second kappa shape index (κ2) is 6.23. The van der Waals surface area contributed by atoms with Crippen LogP contribution >= 0.6 is 0 Å². The van der Waals surface area contributed by atoms with Gasteiger partial charge in [0.25, 0.3) is 0 Å². The molecule has 0 spiro atoms. The van der Waals surface area contributed by atoms with Crippen molar-refractivity contribution in [3.05, 3.63) is 0 Å². The maximum Gasteiger partial charge on any atom is 0.315 e. The van der Waals surface area contributed by atoms with Crippen LogP contribution < -0.4 is 10.6 Å². The number of rotatable bonds is 6. The molecule has 0 radical (unpaired) electrons. The number of nitrogens with one attached hydrogen (secondary N) is 2. The van der Waals surface area contributed by atoms with Gasteiger partial charge in [-0.25, -0.2) is 4.79 Å². The molecule has 2 aliphatic rings. The standard InChI is InChI=1S/C13H23N3O3/c1-9(6-12(17)18)7-14-13(19)15-10-4-5-16(8-10)11-2-3-11/h9-11H,2-8H2,1H3,(H,17,18)(H2,14,15,19). The van der Waals surface area contributed by atoms with E-state index in [9.17, 15) is 9.59 Å². The highest BCUT2D eigenvalue weighted by Gasteiger charge is 2.34. The molecule has 6 heteroatoms. The molecular weight excluding hydrogens is 246 g/mol. The van der Waals surface area contributed by atoms with Crippen LogP contribution in [0.2, 0.25) is 0 Å². The minimum Gasteiger partial charge on any atom is -0.481 e. The molecule has 3 N–H and O–H groups in total. The Labute approximate surface area is 113 Å². The summed E-state index contributed by atoms with van der Waals surface area (Å²) in [6.45, 7) is 4.24. The molecule has 1 aliphatic carbocycles. The number of hydrogen-bond donors (Lipinski definition) is 3. The Hall–Kier alpha value is -1.30. The average Bonchev–Trinajstić information content (AvgIpc) is 3.07. The van der Waals surface area contributed by atoms with Crippen LogP contribution in [0, 0.1) is 5.92 Å². The SMILES string of the molecule is CC(CNC(=O)NC1CCN(C2CC2)C1)CC(=O)O. The molecule has 0 aromatic carbocycles. The van der Waals surface area contributed by atoms with Gasteiger partial charge in [-0.1, -0.05) is 6.92 Å². The molecule has 2 unspecified atom stereocenters. The summed E-state index contributed by atoms with van der Waals surface area (Å²) in [5, 5.41) is 14.3. The Balaban J connectivity index is 1.60. The van der Waals surface area contributed by atoms with Gasteiger partial charge in [-0.15, -0.1) is 0 Å². The second-order valence-electron chi connectivity index (χ2n) is 5.77. The molecule has 2 amide bonds. The summed E-state index contributed by atoms with van der Waals surface area (Å²) in [7, 11) is 0. The zero-order valence-corrected chi connectivity index (χ0v) is 11.4. The summed E-state index contributed by atoms with van der Waals surface area (Å²) in [5.74, 6) is -0.875. The molecule has 1 saturated heterocycles. The molecule has 0 aromatic rings. The van der Waals surface area contributed by atoms with Gasteiger partial charge in [-0.2, -0.15) is 0 Å². The lowest BCUT2D eigenvalue weighted by atomic mass is 10.1. The Morgan fingerprint density at radius 3 is 2.74 bits per heavy atom. The van der Waals surface area contributed by atoms with E-state index in [1.165, 1.54) is 12.8 Å². The van der Waals surface area contributed by atoms with Crippen LogP contribution in [0.25, 0.3) is 0 Å². The molecule has 1 aliphatic heterocycles. The van der Waals surface area contributed by atoms with Gasteiger partial charge >= 0.3 is 12.0 Å². The van der Waals surface area contributed by atoms with Gasteiger partial charge in [0.15, 0.2) is 0 Å². The zero-order chi connectivity index (χ0) is 13.8. The highest BCUT2D eigenvalue weighted by Crippen LogP contribution is 2.29. The molecule has 2 fully saturated rings. The quantitative estimate of drug-likeness (QED) is 0.660. The van der Waals surface area contributed by atoms with Gasteiger partial charge in [0.2, 0.25) is 0 Å². The number of carboxylic acids is 1. The summed E-state index contributed by atoms with van der Waals surface area (Å²) in [4.78, 5) is 24.6. The number of aliphatic carboxylic acids is 1. The van der Waals surface area contributed by atoms with E-state index in [1.807, 2.05) is 6.92 Å². The summed E-state index contributed by atoms with van der Waals surface area (Å²) in [6, 6.07) is 0.806. The Kier molecular flexibility index (Phi) is 4.63. The van der Waals surface area contributed by atoms with Crippen LogP contribution in [0.5, 0.6) is 0 Å². The lowest BCUT2D eigenvalue weighted by molar-refractivity contribution is -0.137. The van der Waals surface area contributed by atoms with Crippen LogP contribution in [0.15, 0.2) is 0 Å². The van der Waals surface area contributed by atoms with E-state index >= 15 is 0 Å². The van der Waals surface area contributed by atoms with Crippen molar-refractivity contribution in [2.75, 3.05) is 19.6 Å². The van der Waals surface area contributed by atoms with Crippen molar-refractivity contribution in [2.45, 2.75) is 44.7 Å². The average molecular weight is 269 g/mol. The van der Waals surface area contributed by atoms with E-state index in [4.69, 9.17) is 5.11 Å². The predicted molar refractivity (Wildman–Crippen MR) is 71.0 cm³/mol. The maximum atomic E-state index is 11.7. The van der Waals surface area contributed by atoms with Gasteiger partial charge < -0.3 is 15.7 Å². The Morgan fingerprint density at radius 2 is 2.11 bits per heavy atom. The number of urea groups is 1. The lowest BCUT2D eigenvalue weighted by Crippen LogP contribution is -2.44. The van der Waals surface area contributed by atoms with Crippen molar-refractivity contribution < 1.29 is 14.7 Å². The monoisotopic (exact) mass is 269 g/mol. The fraction of sp³-hybridized carbons (Fsp3) is 0.846. The van der Waals surface area contributed by atoms with E-state index in [1.54, 1.807) is 0 Å². The molecule has 1 saturated carbocycles. The van der Waals surface area contributed by atoms with Crippen molar-refractivity contribution >= 4 is 12.0 Å². The summed E-state index contributed by atoms with van der Waals surface area (Å²) in [5.41, 5.74) is 0. The smallest absolute Gasteiger partial charge is 0.315 e. The third kappa shape index (κ3) is 4.70. The fourth-order valence-electron chi connectivity index (χ4n) is 2.55. The summed E-state index contributed by atoms with van der Waals surface area (Å²) < 4.78 is 0. The Bertz CT molecular complexity index is 344. The normalized spacial score (nSPS) is 25.0. The third-order valence-electron chi connectivity index (χ3n) is 3.75. The highest BCUT2D eigenvalue weighted by atomic mass is 16.4. The van der Waals surface area contributed by atoms with Gasteiger partial charge in [-0.05, 0) is 25.2 Å². The van der Waals surface area contributed by atoms with Crippen LogP contribution in [-0.4, -0.2) is 53.7 Å². The largest absolute Gasteiger partial charge is 0.481 e.